The molecule has 0 heterocycles. The largest absolute Gasteiger partial charge is 0.462 e. The Morgan fingerprint density at radius 3 is 2.73 bits per heavy atom. The highest BCUT2D eigenvalue weighted by Crippen LogP contribution is 2.28. The van der Waals surface area contributed by atoms with Crippen molar-refractivity contribution in [2.45, 2.75) is 32.3 Å². The van der Waals surface area contributed by atoms with Crippen LogP contribution in [0.5, 0.6) is 0 Å². The van der Waals surface area contributed by atoms with Crippen LogP contribution in [-0.2, 0) is 14.3 Å². The molecule has 0 aromatic heterocycles. The molecule has 0 aliphatic heterocycles. The molecule has 0 bridgehead atoms. The molecule has 11 heavy (non-hydrogen) atoms. The van der Waals surface area contributed by atoms with Crippen molar-refractivity contribution in [3.63, 3.8) is 0 Å². The van der Waals surface area contributed by atoms with Crippen molar-refractivity contribution in [2.75, 3.05) is 0 Å². The van der Waals surface area contributed by atoms with Gasteiger partial charge in [-0.3, -0.25) is 9.59 Å². The van der Waals surface area contributed by atoms with Crippen molar-refractivity contribution < 1.29 is 14.3 Å². The monoisotopic (exact) mass is 155 g/mol. The summed E-state index contributed by atoms with van der Waals surface area (Å²) in [6.07, 6.45) is 3.67. The fourth-order valence-electron chi connectivity index (χ4n) is 0.997. The minimum Gasteiger partial charge on any atom is -0.462 e. The van der Waals surface area contributed by atoms with Gasteiger partial charge in [0, 0.05) is 6.42 Å². The summed E-state index contributed by atoms with van der Waals surface area (Å²) in [4.78, 5) is 20.9. The molecule has 3 nitrogen and oxygen atoms in total. The standard InChI is InChI=1S/C8H11O3/c1-2-8(10)11-7-4-3-6(7)5-9/h6-7H,2-4H2,1H3. The molecule has 1 aliphatic rings. The molecule has 0 aromatic rings. The van der Waals surface area contributed by atoms with Crippen LogP contribution in [0, 0.1) is 5.92 Å². The smallest absolute Gasteiger partial charge is 0.305 e. The molecule has 61 valence electrons. The Morgan fingerprint density at radius 2 is 2.36 bits per heavy atom. The highest BCUT2D eigenvalue weighted by Gasteiger charge is 2.34. The lowest BCUT2D eigenvalue weighted by Crippen LogP contribution is -2.36. The lowest BCUT2D eigenvalue weighted by Gasteiger charge is -2.30. The van der Waals surface area contributed by atoms with Gasteiger partial charge in [0.2, 0.25) is 6.29 Å². The molecular weight excluding hydrogens is 144 g/mol. The fraction of sp³-hybridized carbons (Fsp3) is 0.750. The van der Waals surface area contributed by atoms with Crippen molar-refractivity contribution in [3.05, 3.63) is 0 Å². The van der Waals surface area contributed by atoms with E-state index in [1.165, 1.54) is 0 Å². The summed E-state index contributed by atoms with van der Waals surface area (Å²) >= 11 is 0. The van der Waals surface area contributed by atoms with E-state index in [1.807, 2.05) is 6.29 Å². The first-order valence-electron chi connectivity index (χ1n) is 3.85. The molecule has 1 fully saturated rings. The van der Waals surface area contributed by atoms with Gasteiger partial charge in [-0.2, -0.15) is 0 Å². The van der Waals surface area contributed by atoms with Gasteiger partial charge < -0.3 is 4.74 Å². The number of esters is 1. The second-order valence-electron chi connectivity index (χ2n) is 2.68. The van der Waals surface area contributed by atoms with Gasteiger partial charge in [-0.05, 0) is 12.8 Å². The molecular formula is C8H11O3. The van der Waals surface area contributed by atoms with Crippen LogP contribution in [0.25, 0.3) is 0 Å². The second-order valence-corrected chi connectivity index (χ2v) is 2.68. The van der Waals surface area contributed by atoms with Crippen LogP contribution in [0.2, 0.25) is 0 Å². The molecule has 0 aromatic carbocycles. The minimum absolute atomic E-state index is 0.162. The molecule has 3 heteroatoms. The van der Waals surface area contributed by atoms with Crippen molar-refractivity contribution in [1.82, 2.24) is 0 Å². The van der Waals surface area contributed by atoms with Crippen LogP contribution >= 0.6 is 0 Å². The molecule has 2 atom stereocenters. The lowest BCUT2D eigenvalue weighted by molar-refractivity contribution is -0.154. The average molecular weight is 155 g/mol. The van der Waals surface area contributed by atoms with Gasteiger partial charge >= 0.3 is 5.97 Å². The Morgan fingerprint density at radius 1 is 1.64 bits per heavy atom. The van der Waals surface area contributed by atoms with Crippen molar-refractivity contribution >= 4 is 12.3 Å². The van der Waals surface area contributed by atoms with Gasteiger partial charge in [-0.25, -0.2) is 0 Å². The summed E-state index contributed by atoms with van der Waals surface area (Å²) in [7, 11) is 0. The molecule has 1 aliphatic carbocycles. The number of rotatable bonds is 3. The van der Waals surface area contributed by atoms with Crippen molar-refractivity contribution in [2.24, 2.45) is 5.92 Å². The second kappa shape index (κ2) is 3.51. The maximum absolute atomic E-state index is 10.7. The molecule has 1 rings (SSSR count). The number of hydrogen-bond acceptors (Lipinski definition) is 3. The van der Waals surface area contributed by atoms with Crippen LogP contribution in [0.3, 0.4) is 0 Å². The summed E-state index contributed by atoms with van der Waals surface area (Å²) in [5, 5.41) is 0. The SMILES string of the molecule is CCC(=O)OC1CCC1[C]=O. The maximum atomic E-state index is 10.7. The van der Waals surface area contributed by atoms with E-state index in [-0.39, 0.29) is 18.0 Å². The summed E-state index contributed by atoms with van der Waals surface area (Å²) < 4.78 is 4.94. The number of ether oxygens (including phenoxy) is 1. The van der Waals surface area contributed by atoms with E-state index < -0.39 is 0 Å². The van der Waals surface area contributed by atoms with E-state index in [4.69, 9.17) is 4.74 Å². The first-order chi connectivity index (χ1) is 5.27. The molecule has 2 unspecified atom stereocenters. The zero-order chi connectivity index (χ0) is 8.27. The van der Waals surface area contributed by atoms with Crippen LogP contribution in [-0.4, -0.2) is 18.4 Å². The topological polar surface area (TPSA) is 43.4 Å². The van der Waals surface area contributed by atoms with E-state index in [9.17, 15) is 9.59 Å². The van der Waals surface area contributed by atoms with E-state index in [1.54, 1.807) is 6.92 Å². The zero-order valence-electron chi connectivity index (χ0n) is 6.50. The Balaban J connectivity index is 2.27. The summed E-state index contributed by atoms with van der Waals surface area (Å²) in [6, 6.07) is 0. The highest BCUT2D eigenvalue weighted by molar-refractivity contribution is 5.70. The number of hydrogen-bond donors (Lipinski definition) is 0. The molecule has 0 saturated heterocycles. The quantitative estimate of drug-likeness (QED) is 0.567. The van der Waals surface area contributed by atoms with Gasteiger partial charge in [0.1, 0.15) is 6.10 Å². The molecule has 0 spiro atoms. The normalized spacial score (nSPS) is 28.8. The number of carbonyl (C=O) groups is 1. The van der Waals surface area contributed by atoms with Gasteiger partial charge in [0.05, 0.1) is 5.92 Å². The van der Waals surface area contributed by atoms with E-state index in [0.717, 1.165) is 12.8 Å². The first kappa shape index (κ1) is 8.24. The zero-order valence-corrected chi connectivity index (χ0v) is 6.50. The van der Waals surface area contributed by atoms with Gasteiger partial charge in [0.15, 0.2) is 0 Å². The lowest BCUT2D eigenvalue weighted by atomic mass is 9.83. The van der Waals surface area contributed by atoms with Crippen molar-refractivity contribution in [3.8, 4) is 0 Å². The fourth-order valence-corrected chi connectivity index (χ4v) is 0.997. The minimum atomic E-state index is -0.227. The third-order valence-corrected chi connectivity index (χ3v) is 1.93. The third-order valence-electron chi connectivity index (χ3n) is 1.93. The molecule has 1 saturated carbocycles. The van der Waals surface area contributed by atoms with Gasteiger partial charge in [-0.1, -0.05) is 6.92 Å². The van der Waals surface area contributed by atoms with Gasteiger partial charge in [0.25, 0.3) is 0 Å². The summed E-state index contributed by atoms with van der Waals surface area (Å²) in [5.41, 5.74) is 0. The predicted octanol–water partition coefficient (Wildman–Crippen LogP) is 0.828. The highest BCUT2D eigenvalue weighted by atomic mass is 16.5. The first-order valence-corrected chi connectivity index (χ1v) is 3.85. The Kier molecular flexibility index (Phi) is 2.63. The number of carbonyl (C=O) groups excluding carboxylic acids is 2. The Hall–Kier alpha value is -0.860. The van der Waals surface area contributed by atoms with Crippen molar-refractivity contribution in [1.29, 1.82) is 0 Å². The molecule has 0 amide bonds. The Bertz CT molecular complexity index is 165. The van der Waals surface area contributed by atoms with E-state index in [2.05, 4.69) is 0 Å². The van der Waals surface area contributed by atoms with Crippen LogP contribution in [0.15, 0.2) is 0 Å². The summed E-state index contributed by atoms with van der Waals surface area (Å²) in [5.74, 6) is -0.388. The molecule has 1 radical (unpaired) electrons. The average Bonchev–Trinajstić information content (AvgIpc) is 1.98. The van der Waals surface area contributed by atoms with E-state index >= 15 is 0 Å². The maximum Gasteiger partial charge on any atom is 0.305 e. The van der Waals surface area contributed by atoms with Crippen LogP contribution in [0.1, 0.15) is 26.2 Å². The predicted molar refractivity (Wildman–Crippen MR) is 38.6 cm³/mol. The Labute approximate surface area is 65.7 Å². The van der Waals surface area contributed by atoms with Crippen LogP contribution in [0.4, 0.5) is 0 Å². The van der Waals surface area contributed by atoms with E-state index in [0.29, 0.717) is 6.42 Å². The summed E-state index contributed by atoms with van der Waals surface area (Å²) in [6.45, 7) is 1.74. The molecule has 0 N–H and O–H groups in total. The third kappa shape index (κ3) is 1.79. The van der Waals surface area contributed by atoms with Gasteiger partial charge in [-0.15, -0.1) is 0 Å². The van der Waals surface area contributed by atoms with Crippen LogP contribution < -0.4 is 0 Å².